The van der Waals surface area contributed by atoms with Gasteiger partial charge in [-0.1, -0.05) is 19.1 Å². The van der Waals surface area contributed by atoms with E-state index in [4.69, 9.17) is 0 Å². The van der Waals surface area contributed by atoms with Crippen molar-refractivity contribution in [3.8, 4) is 0 Å². The maximum Gasteiger partial charge on any atom is 0.0292 e. The van der Waals surface area contributed by atoms with Crippen molar-refractivity contribution in [3.63, 3.8) is 0 Å². The number of nitrogens with one attached hydrogen (secondary N) is 1. The number of hydrogen-bond donors (Lipinski definition) is 1. The third-order valence-electron chi connectivity index (χ3n) is 3.30. The average molecular weight is 306 g/mol. The van der Waals surface area contributed by atoms with Crippen molar-refractivity contribution < 1.29 is 0 Å². The third-order valence-corrected chi connectivity index (χ3v) is 5.03. The van der Waals surface area contributed by atoms with Crippen LogP contribution in [0.3, 0.4) is 0 Å². The lowest BCUT2D eigenvalue weighted by Gasteiger charge is -2.14. The lowest BCUT2D eigenvalue weighted by molar-refractivity contribution is 0.570. The topological polar surface area (TPSA) is 12.0 Å². The molecule has 1 aromatic heterocycles. The Morgan fingerprint density at radius 2 is 2.20 bits per heavy atom. The van der Waals surface area contributed by atoms with Crippen molar-refractivity contribution in [2.45, 2.75) is 37.6 Å². The number of thioether (sulfide) groups is 1. The van der Waals surface area contributed by atoms with Gasteiger partial charge in [0.25, 0.3) is 0 Å². The van der Waals surface area contributed by atoms with E-state index >= 15 is 0 Å². The van der Waals surface area contributed by atoms with E-state index in [9.17, 15) is 0 Å². The number of rotatable bonds is 8. The summed E-state index contributed by atoms with van der Waals surface area (Å²) in [6.45, 7) is 5.53. The molecule has 1 heterocycles. The molecule has 1 N–H and O–H groups in total. The van der Waals surface area contributed by atoms with Gasteiger partial charge in [-0.2, -0.15) is 11.3 Å². The van der Waals surface area contributed by atoms with E-state index in [-0.39, 0.29) is 0 Å². The number of aryl methyl sites for hydroxylation is 1. The summed E-state index contributed by atoms with van der Waals surface area (Å²) in [6, 6.07) is 11.6. The van der Waals surface area contributed by atoms with Crippen molar-refractivity contribution in [1.82, 2.24) is 5.32 Å². The van der Waals surface area contributed by atoms with Gasteiger partial charge in [-0.15, -0.1) is 11.8 Å². The van der Waals surface area contributed by atoms with Crippen LogP contribution < -0.4 is 5.32 Å². The summed E-state index contributed by atoms with van der Waals surface area (Å²) < 4.78 is 0. The van der Waals surface area contributed by atoms with Crippen LogP contribution >= 0.6 is 23.1 Å². The highest BCUT2D eigenvalue weighted by atomic mass is 32.2. The molecular formula is C17H23NS2. The zero-order chi connectivity index (χ0) is 14.2. The second-order valence-electron chi connectivity index (χ2n) is 4.98. The summed E-state index contributed by atoms with van der Waals surface area (Å²) >= 11 is 3.73. The Bertz CT molecular complexity index is 493. The molecule has 0 saturated heterocycles. The predicted molar refractivity (Wildman–Crippen MR) is 91.9 cm³/mol. The van der Waals surface area contributed by atoms with E-state index in [0.717, 1.165) is 18.7 Å². The van der Waals surface area contributed by atoms with E-state index in [1.807, 2.05) is 11.8 Å². The molecular weight excluding hydrogens is 282 g/mol. The summed E-state index contributed by atoms with van der Waals surface area (Å²) in [5.74, 6) is 1.15. The zero-order valence-corrected chi connectivity index (χ0v) is 13.9. The monoisotopic (exact) mass is 305 g/mol. The Kier molecular flexibility index (Phi) is 6.64. The van der Waals surface area contributed by atoms with Gasteiger partial charge >= 0.3 is 0 Å². The molecule has 1 unspecified atom stereocenters. The van der Waals surface area contributed by atoms with Gasteiger partial charge in [-0.05, 0) is 66.4 Å². The van der Waals surface area contributed by atoms with Gasteiger partial charge in [-0.25, -0.2) is 0 Å². The van der Waals surface area contributed by atoms with E-state index in [1.54, 1.807) is 11.3 Å². The Balaban J connectivity index is 1.85. The van der Waals surface area contributed by atoms with Crippen molar-refractivity contribution >= 4 is 23.1 Å². The molecule has 1 aromatic carbocycles. The highest BCUT2D eigenvalue weighted by Crippen LogP contribution is 2.23. The van der Waals surface area contributed by atoms with Crippen LogP contribution in [-0.2, 0) is 6.42 Å². The molecule has 0 spiro atoms. The fourth-order valence-electron chi connectivity index (χ4n) is 2.07. The molecule has 0 radical (unpaired) electrons. The molecule has 0 aliphatic rings. The standard InChI is InChI=1S/C17H23NS2/c1-3-9-18-14(2)16-5-4-6-17(12-16)20-11-8-15-7-10-19-13-15/h4-7,10,12-14,18H,3,8-9,11H2,1-2H3. The molecule has 0 saturated carbocycles. The number of hydrogen-bond acceptors (Lipinski definition) is 3. The first-order valence-electron chi connectivity index (χ1n) is 7.27. The molecule has 0 aliphatic carbocycles. The minimum atomic E-state index is 0.437. The highest BCUT2D eigenvalue weighted by Gasteiger charge is 2.05. The van der Waals surface area contributed by atoms with E-state index in [0.29, 0.717) is 6.04 Å². The molecule has 0 bridgehead atoms. The van der Waals surface area contributed by atoms with Gasteiger partial charge in [0.1, 0.15) is 0 Å². The van der Waals surface area contributed by atoms with Crippen molar-refractivity contribution in [2.75, 3.05) is 12.3 Å². The average Bonchev–Trinajstić information content (AvgIpc) is 2.98. The summed E-state index contributed by atoms with van der Waals surface area (Å²) in [5, 5.41) is 7.94. The van der Waals surface area contributed by atoms with Crippen LogP contribution in [0.1, 0.15) is 37.4 Å². The van der Waals surface area contributed by atoms with Crippen LogP contribution in [0.2, 0.25) is 0 Å². The third kappa shape index (κ3) is 4.97. The van der Waals surface area contributed by atoms with Crippen molar-refractivity contribution in [2.24, 2.45) is 0 Å². The molecule has 0 fully saturated rings. The summed E-state index contributed by atoms with van der Waals surface area (Å²) in [4.78, 5) is 1.38. The molecule has 20 heavy (non-hydrogen) atoms. The van der Waals surface area contributed by atoms with Gasteiger partial charge in [-0.3, -0.25) is 0 Å². The summed E-state index contributed by atoms with van der Waals surface area (Å²) in [7, 11) is 0. The second-order valence-corrected chi connectivity index (χ2v) is 6.93. The van der Waals surface area contributed by atoms with Crippen LogP contribution in [0.4, 0.5) is 0 Å². The molecule has 3 heteroatoms. The molecule has 2 aromatic rings. The van der Waals surface area contributed by atoms with Crippen LogP contribution in [0.15, 0.2) is 46.0 Å². The molecule has 1 nitrogen and oxygen atoms in total. The van der Waals surface area contributed by atoms with E-state index in [2.05, 4.69) is 60.3 Å². The van der Waals surface area contributed by atoms with Gasteiger partial charge in [0.15, 0.2) is 0 Å². The smallest absolute Gasteiger partial charge is 0.0292 e. The highest BCUT2D eigenvalue weighted by molar-refractivity contribution is 7.99. The maximum atomic E-state index is 3.55. The fraction of sp³-hybridized carbons (Fsp3) is 0.412. The summed E-state index contributed by atoms with van der Waals surface area (Å²) in [5.41, 5.74) is 2.84. The van der Waals surface area contributed by atoms with Crippen LogP contribution in [-0.4, -0.2) is 12.3 Å². The first kappa shape index (κ1) is 15.6. The molecule has 1 atom stereocenters. The van der Waals surface area contributed by atoms with E-state index in [1.165, 1.54) is 22.4 Å². The van der Waals surface area contributed by atoms with Crippen molar-refractivity contribution in [3.05, 3.63) is 52.2 Å². The van der Waals surface area contributed by atoms with Crippen LogP contribution in [0.25, 0.3) is 0 Å². The van der Waals surface area contributed by atoms with Crippen LogP contribution in [0.5, 0.6) is 0 Å². The van der Waals surface area contributed by atoms with Gasteiger partial charge in [0.2, 0.25) is 0 Å². The minimum absolute atomic E-state index is 0.437. The van der Waals surface area contributed by atoms with Gasteiger partial charge < -0.3 is 5.32 Å². The quantitative estimate of drug-likeness (QED) is 0.677. The Hall–Kier alpha value is -0.770. The Morgan fingerprint density at radius 1 is 1.30 bits per heavy atom. The minimum Gasteiger partial charge on any atom is -0.310 e. The first-order valence-corrected chi connectivity index (χ1v) is 9.19. The Morgan fingerprint density at radius 3 is 2.95 bits per heavy atom. The maximum absolute atomic E-state index is 3.55. The van der Waals surface area contributed by atoms with Gasteiger partial charge in [0.05, 0.1) is 0 Å². The Labute approximate surface area is 130 Å². The lowest BCUT2D eigenvalue weighted by atomic mass is 10.1. The van der Waals surface area contributed by atoms with E-state index < -0.39 is 0 Å². The molecule has 0 aliphatic heterocycles. The molecule has 2 rings (SSSR count). The van der Waals surface area contributed by atoms with Gasteiger partial charge in [0, 0.05) is 16.7 Å². The number of thiophene rings is 1. The largest absolute Gasteiger partial charge is 0.310 e. The number of benzene rings is 1. The summed E-state index contributed by atoms with van der Waals surface area (Å²) in [6.07, 6.45) is 2.33. The zero-order valence-electron chi connectivity index (χ0n) is 12.3. The first-order chi connectivity index (χ1) is 9.79. The molecule has 0 amide bonds. The van der Waals surface area contributed by atoms with Crippen molar-refractivity contribution in [1.29, 1.82) is 0 Å². The predicted octanol–water partition coefficient (Wildman–Crippen LogP) is 5.14. The second kappa shape index (κ2) is 8.50. The molecule has 108 valence electrons. The fourth-order valence-corrected chi connectivity index (χ4v) is 3.74. The lowest BCUT2D eigenvalue weighted by Crippen LogP contribution is -2.19. The SMILES string of the molecule is CCCNC(C)c1cccc(SCCc2ccsc2)c1. The normalized spacial score (nSPS) is 12.5. The van der Waals surface area contributed by atoms with Crippen LogP contribution in [0, 0.1) is 0 Å².